The van der Waals surface area contributed by atoms with Crippen molar-refractivity contribution in [3.63, 3.8) is 0 Å². The topological polar surface area (TPSA) is 81.7 Å². The quantitative estimate of drug-likeness (QED) is 0.689. The third-order valence-electron chi connectivity index (χ3n) is 3.54. The van der Waals surface area contributed by atoms with E-state index in [-0.39, 0.29) is 12.6 Å². The van der Waals surface area contributed by atoms with Crippen molar-refractivity contribution in [3.05, 3.63) is 0 Å². The van der Waals surface area contributed by atoms with E-state index in [0.717, 1.165) is 25.9 Å². The van der Waals surface area contributed by atoms with Crippen LogP contribution in [0.2, 0.25) is 0 Å². The van der Waals surface area contributed by atoms with Gasteiger partial charge >= 0.3 is 12.0 Å². The van der Waals surface area contributed by atoms with E-state index in [1.807, 2.05) is 0 Å². The number of carboxylic acid groups (broad SMARTS) is 1. The third kappa shape index (κ3) is 5.46. The standard InChI is InChI=1S/C13H25N3O3/c1-13(2,11(17)18)9-15-12(19)14-7-10-5-4-6-16(3)8-10/h10H,4-9H2,1-3H3,(H,17,18)(H2,14,15,19). The van der Waals surface area contributed by atoms with Gasteiger partial charge in [-0.1, -0.05) is 0 Å². The summed E-state index contributed by atoms with van der Waals surface area (Å²) in [6.07, 6.45) is 2.29. The molecule has 6 heteroatoms. The van der Waals surface area contributed by atoms with Crippen molar-refractivity contribution in [3.8, 4) is 0 Å². The molecule has 2 amide bonds. The summed E-state index contributed by atoms with van der Waals surface area (Å²) in [4.78, 5) is 24.8. The average Bonchev–Trinajstić information content (AvgIpc) is 2.34. The molecule has 0 bridgehead atoms. The molecule has 19 heavy (non-hydrogen) atoms. The van der Waals surface area contributed by atoms with Gasteiger partial charge < -0.3 is 20.6 Å². The molecular weight excluding hydrogens is 246 g/mol. The second-order valence-electron chi connectivity index (χ2n) is 6.02. The van der Waals surface area contributed by atoms with Gasteiger partial charge in [-0.05, 0) is 46.2 Å². The zero-order valence-corrected chi connectivity index (χ0v) is 12.0. The van der Waals surface area contributed by atoms with E-state index in [4.69, 9.17) is 5.11 Å². The summed E-state index contributed by atoms with van der Waals surface area (Å²) in [5.74, 6) is -0.432. The van der Waals surface area contributed by atoms with Gasteiger partial charge in [0.2, 0.25) is 0 Å². The van der Waals surface area contributed by atoms with Gasteiger partial charge in [0.15, 0.2) is 0 Å². The number of hydrogen-bond donors (Lipinski definition) is 3. The molecule has 6 nitrogen and oxygen atoms in total. The van der Waals surface area contributed by atoms with E-state index in [1.54, 1.807) is 13.8 Å². The van der Waals surface area contributed by atoms with Crippen LogP contribution in [-0.2, 0) is 4.79 Å². The lowest BCUT2D eigenvalue weighted by Gasteiger charge is -2.29. The summed E-state index contributed by atoms with van der Waals surface area (Å²) in [6.45, 7) is 6.07. The Hall–Kier alpha value is -1.30. The summed E-state index contributed by atoms with van der Waals surface area (Å²) in [5.41, 5.74) is -0.942. The Labute approximate surface area is 114 Å². The fourth-order valence-electron chi connectivity index (χ4n) is 2.12. The van der Waals surface area contributed by atoms with Gasteiger partial charge in [0.25, 0.3) is 0 Å². The lowest BCUT2D eigenvalue weighted by Crippen LogP contribution is -2.46. The van der Waals surface area contributed by atoms with Gasteiger partial charge in [0.05, 0.1) is 5.41 Å². The number of rotatable bonds is 5. The van der Waals surface area contributed by atoms with Gasteiger partial charge in [-0.25, -0.2) is 4.79 Å². The van der Waals surface area contributed by atoms with Crippen LogP contribution in [0.5, 0.6) is 0 Å². The predicted octanol–water partition coefficient (Wildman–Crippen LogP) is 0.738. The first-order chi connectivity index (χ1) is 8.81. The summed E-state index contributed by atoms with van der Waals surface area (Å²) in [7, 11) is 2.08. The molecule has 0 aromatic heterocycles. The summed E-state index contributed by atoms with van der Waals surface area (Å²) < 4.78 is 0. The summed E-state index contributed by atoms with van der Waals surface area (Å²) in [6, 6.07) is -0.289. The highest BCUT2D eigenvalue weighted by atomic mass is 16.4. The number of carboxylic acids is 1. The Kier molecular flexibility index (Phi) is 5.60. The van der Waals surface area contributed by atoms with Gasteiger partial charge in [-0.3, -0.25) is 4.79 Å². The first kappa shape index (κ1) is 15.8. The van der Waals surface area contributed by atoms with E-state index >= 15 is 0 Å². The molecule has 110 valence electrons. The normalized spacial score (nSPS) is 20.9. The van der Waals surface area contributed by atoms with E-state index in [9.17, 15) is 9.59 Å². The van der Waals surface area contributed by atoms with Crippen molar-refractivity contribution in [1.29, 1.82) is 0 Å². The van der Waals surface area contributed by atoms with Crippen molar-refractivity contribution in [1.82, 2.24) is 15.5 Å². The number of hydrogen-bond acceptors (Lipinski definition) is 3. The van der Waals surface area contributed by atoms with E-state index in [2.05, 4.69) is 22.6 Å². The number of carbonyl (C=O) groups is 2. The predicted molar refractivity (Wildman–Crippen MR) is 73.0 cm³/mol. The van der Waals surface area contributed by atoms with Crippen LogP contribution in [0.4, 0.5) is 4.79 Å². The Balaban J connectivity index is 2.23. The van der Waals surface area contributed by atoms with E-state index in [0.29, 0.717) is 12.5 Å². The molecule has 1 atom stereocenters. The number of carbonyl (C=O) groups excluding carboxylic acids is 1. The maximum Gasteiger partial charge on any atom is 0.314 e. The zero-order valence-electron chi connectivity index (χ0n) is 12.0. The molecule has 1 aliphatic heterocycles. The first-order valence-corrected chi connectivity index (χ1v) is 6.75. The molecular formula is C13H25N3O3. The van der Waals surface area contributed by atoms with Crippen LogP contribution in [0, 0.1) is 11.3 Å². The highest BCUT2D eigenvalue weighted by Crippen LogP contribution is 2.14. The summed E-state index contributed by atoms with van der Waals surface area (Å²) in [5, 5.41) is 14.4. The molecule has 1 aliphatic rings. The van der Waals surface area contributed by atoms with Crippen LogP contribution in [0.1, 0.15) is 26.7 Å². The third-order valence-corrected chi connectivity index (χ3v) is 3.54. The van der Waals surface area contributed by atoms with Gasteiger partial charge in [0.1, 0.15) is 0 Å². The molecule has 1 rings (SSSR count). The summed E-state index contributed by atoms with van der Waals surface area (Å²) >= 11 is 0. The SMILES string of the molecule is CN1CCCC(CNC(=O)NCC(C)(C)C(=O)O)C1. The van der Waals surface area contributed by atoms with Crippen LogP contribution in [0.15, 0.2) is 0 Å². The van der Waals surface area contributed by atoms with Crippen molar-refractivity contribution in [2.75, 3.05) is 33.2 Å². The number of amides is 2. The number of urea groups is 1. The van der Waals surface area contributed by atoms with Crippen LogP contribution in [-0.4, -0.2) is 55.2 Å². The minimum Gasteiger partial charge on any atom is -0.481 e. The number of likely N-dealkylation sites (tertiary alicyclic amines) is 1. The molecule has 1 saturated heterocycles. The molecule has 1 fully saturated rings. The molecule has 0 radical (unpaired) electrons. The smallest absolute Gasteiger partial charge is 0.314 e. The largest absolute Gasteiger partial charge is 0.481 e. The second-order valence-corrected chi connectivity index (χ2v) is 6.02. The van der Waals surface area contributed by atoms with Crippen molar-refractivity contribution in [2.45, 2.75) is 26.7 Å². The molecule has 1 heterocycles. The molecule has 3 N–H and O–H groups in total. The number of aliphatic carboxylic acids is 1. The molecule has 0 saturated carbocycles. The van der Waals surface area contributed by atoms with Crippen molar-refractivity contribution >= 4 is 12.0 Å². The van der Waals surface area contributed by atoms with Crippen LogP contribution in [0.25, 0.3) is 0 Å². The zero-order chi connectivity index (χ0) is 14.5. The Morgan fingerprint density at radius 1 is 1.37 bits per heavy atom. The molecule has 1 unspecified atom stereocenters. The number of piperidine rings is 1. The average molecular weight is 271 g/mol. The Morgan fingerprint density at radius 2 is 2.05 bits per heavy atom. The lowest BCUT2D eigenvalue weighted by molar-refractivity contribution is -0.146. The molecule has 0 aromatic rings. The van der Waals surface area contributed by atoms with Crippen LogP contribution < -0.4 is 10.6 Å². The minimum atomic E-state index is -0.942. The van der Waals surface area contributed by atoms with Crippen LogP contribution >= 0.6 is 0 Å². The number of nitrogens with zero attached hydrogens (tertiary/aromatic N) is 1. The van der Waals surface area contributed by atoms with E-state index in [1.165, 1.54) is 0 Å². The maximum absolute atomic E-state index is 11.6. The van der Waals surface area contributed by atoms with Crippen molar-refractivity contribution < 1.29 is 14.7 Å². The first-order valence-electron chi connectivity index (χ1n) is 6.75. The van der Waals surface area contributed by atoms with Gasteiger partial charge in [-0.15, -0.1) is 0 Å². The van der Waals surface area contributed by atoms with E-state index < -0.39 is 11.4 Å². The molecule has 0 aliphatic carbocycles. The molecule has 0 aromatic carbocycles. The van der Waals surface area contributed by atoms with Gasteiger partial charge in [-0.2, -0.15) is 0 Å². The van der Waals surface area contributed by atoms with Crippen LogP contribution in [0.3, 0.4) is 0 Å². The Bertz CT molecular complexity index is 331. The Morgan fingerprint density at radius 3 is 2.63 bits per heavy atom. The minimum absolute atomic E-state index is 0.124. The fraction of sp³-hybridized carbons (Fsp3) is 0.846. The van der Waals surface area contributed by atoms with Gasteiger partial charge in [0, 0.05) is 19.6 Å². The molecule has 0 spiro atoms. The highest BCUT2D eigenvalue weighted by molar-refractivity contribution is 5.77. The monoisotopic (exact) mass is 271 g/mol. The number of nitrogens with one attached hydrogen (secondary N) is 2. The second kappa shape index (κ2) is 6.75. The van der Waals surface area contributed by atoms with Crippen molar-refractivity contribution in [2.24, 2.45) is 11.3 Å². The maximum atomic E-state index is 11.6. The lowest BCUT2D eigenvalue weighted by atomic mass is 9.94. The highest BCUT2D eigenvalue weighted by Gasteiger charge is 2.27. The fourth-order valence-corrected chi connectivity index (χ4v) is 2.12.